The van der Waals surface area contributed by atoms with Crippen LogP contribution in [0.1, 0.15) is 15.9 Å². The van der Waals surface area contributed by atoms with Crippen LogP contribution < -0.4 is 5.32 Å². The second-order valence-electron chi connectivity index (χ2n) is 4.24. The summed E-state index contributed by atoms with van der Waals surface area (Å²) in [5.74, 6) is -1.14. The average Bonchev–Trinajstić information content (AvgIpc) is 2.46. The number of nitrogens with one attached hydrogen (secondary N) is 1. The zero-order valence-electron chi connectivity index (χ0n) is 10.7. The molecular formula is C14H11BrN2O4. The minimum absolute atomic E-state index is 0.00680. The Morgan fingerprint density at radius 2 is 2.00 bits per heavy atom. The van der Waals surface area contributed by atoms with E-state index in [-0.39, 0.29) is 16.9 Å². The third-order valence-electron chi connectivity index (χ3n) is 2.87. The molecule has 7 heteroatoms. The Morgan fingerprint density at radius 3 is 2.62 bits per heavy atom. The highest BCUT2D eigenvalue weighted by Gasteiger charge is 2.15. The summed E-state index contributed by atoms with van der Waals surface area (Å²) in [6.45, 7) is 0.350. The quantitative estimate of drug-likeness (QED) is 0.633. The molecule has 0 aliphatic rings. The Kier molecular flexibility index (Phi) is 4.54. The van der Waals surface area contributed by atoms with Crippen LogP contribution in [0.15, 0.2) is 46.9 Å². The predicted molar refractivity (Wildman–Crippen MR) is 81.5 cm³/mol. The topological polar surface area (TPSA) is 92.5 Å². The Labute approximate surface area is 128 Å². The van der Waals surface area contributed by atoms with Crippen molar-refractivity contribution < 1.29 is 14.8 Å². The van der Waals surface area contributed by atoms with E-state index in [9.17, 15) is 14.9 Å². The SMILES string of the molecule is O=C(O)c1ccc([N+](=O)[O-])cc1NCc1ccccc1Br. The zero-order chi connectivity index (χ0) is 15.4. The maximum Gasteiger partial charge on any atom is 0.337 e. The van der Waals surface area contributed by atoms with E-state index in [1.165, 1.54) is 18.2 Å². The van der Waals surface area contributed by atoms with E-state index in [2.05, 4.69) is 21.2 Å². The van der Waals surface area contributed by atoms with Crippen LogP contribution in [0, 0.1) is 10.1 Å². The van der Waals surface area contributed by atoms with Crippen molar-refractivity contribution in [1.82, 2.24) is 0 Å². The first kappa shape index (κ1) is 15.0. The molecule has 0 unspecified atom stereocenters. The molecule has 108 valence electrons. The molecule has 0 amide bonds. The maximum absolute atomic E-state index is 11.2. The zero-order valence-corrected chi connectivity index (χ0v) is 12.3. The minimum atomic E-state index is -1.14. The number of halogens is 1. The van der Waals surface area contributed by atoms with Gasteiger partial charge in [0.25, 0.3) is 5.69 Å². The molecule has 0 radical (unpaired) electrons. The molecule has 0 aliphatic carbocycles. The van der Waals surface area contributed by atoms with Gasteiger partial charge in [-0.3, -0.25) is 10.1 Å². The number of carboxylic acid groups (broad SMARTS) is 1. The van der Waals surface area contributed by atoms with Crippen LogP contribution >= 0.6 is 15.9 Å². The molecule has 2 aromatic carbocycles. The van der Waals surface area contributed by atoms with E-state index in [4.69, 9.17) is 5.11 Å². The number of rotatable bonds is 5. The van der Waals surface area contributed by atoms with Crippen LogP contribution in [0.2, 0.25) is 0 Å². The maximum atomic E-state index is 11.2. The molecule has 0 atom stereocenters. The lowest BCUT2D eigenvalue weighted by molar-refractivity contribution is -0.384. The second kappa shape index (κ2) is 6.36. The molecule has 0 heterocycles. The first-order valence-electron chi connectivity index (χ1n) is 5.98. The van der Waals surface area contributed by atoms with E-state index in [1.54, 1.807) is 0 Å². The summed E-state index contributed by atoms with van der Waals surface area (Å²) in [6.07, 6.45) is 0. The van der Waals surface area contributed by atoms with Gasteiger partial charge >= 0.3 is 5.97 Å². The molecule has 21 heavy (non-hydrogen) atoms. The van der Waals surface area contributed by atoms with Gasteiger partial charge in [0.15, 0.2) is 0 Å². The number of hydrogen-bond acceptors (Lipinski definition) is 4. The number of carboxylic acids is 1. The third kappa shape index (κ3) is 3.57. The van der Waals surface area contributed by atoms with Crippen molar-refractivity contribution in [3.63, 3.8) is 0 Å². The van der Waals surface area contributed by atoms with Crippen LogP contribution in [0.25, 0.3) is 0 Å². The summed E-state index contributed by atoms with van der Waals surface area (Å²) in [7, 11) is 0. The van der Waals surface area contributed by atoms with Crippen molar-refractivity contribution >= 4 is 33.3 Å². The molecule has 0 bridgehead atoms. The first-order valence-corrected chi connectivity index (χ1v) is 6.77. The molecule has 0 spiro atoms. The molecule has 6 nitrogen and oxygen atoms in total. The third-order valence-corrected chi connectivity index (χ3v) is 3.65. The van der Waals surface area contributed by atoms with Crippen molar-refractivity contribution in [2.75, 3.05) is 5.32 Å². The van der Waals surface area contributed by atoms with Gasteiger partial charge in [0.1, 0.15) is 0 Å². The Hall–Kier alpha value is -2.41. The number of nitro groups is 1. The molecule has 2 aromatic rings. The summed E-state index contributed by atoms with van der Waals surface area (Å²) in [6, 6.07) is 11.1. The fraction of sp³-hybridized carbons (Fsp3) is 0.0714. The van der Waals surface area contributed by atoms with E-state index in [0.717, 1.165) is 10.0 Å². The van der Waals surface area contributed by atoms with Crippen molar-refractivity contribution in [2.45, 2.75) is 6.54 Å². The van der Waals surface area contributed by atoms with Gasteiger partial charge in [-0.15, -0.1) is 0 Å². The van der Waals surface area contributed by atoms with Crippen LogP contribution in [0.4, 0.5) is 11.4 Å². The summed E-state index contributed by atoms with van der Waals surface area (Å²) >= 11 is 3.39. The molecule has 0 saturated heterocycles. The van der Waals surface area contributed by atoms with Gasteiger partial charge in [-0.2, -0.15) is 0 Å². The van der Waals surface area contributed by atoms with Crippen molar-refractivity contribution in [3.05, 3.63) is 68.2 Å². The number of benzene rings is 2. The first-order chi connectivity index (χ1) is 9.99. The normalized spacial score (nSPS) is 10.1. The smallest absolute Gasteiger partial charge is 0.337 e. The molecule has 2 rings (SSSR count). The summed E-state index contributed by atoms with van der Waals surface area (Å²) in [4.78, 5) is 21.4. The second-order valence-corrected chi connectivity index (χ2v) is 5.09. The lowest BCUT2D eigenvalue weighted by atomic mass is 10.1. The highest BCUT2D eigenvalue weighted by molar-refractivity contribution is 9.10. The fourth-order valence-electron chi connectivity index (χ4n) is 1.81. The van der Waals surface area contributed by atoms with E-state index in [1.807, 2.05) is 24.3 Å². The lowest BCUT2D eigenvalue weighted by Gasteiger charge is -2.10. The summed E-state index contributed by atoms with van der Waals surface area (Å²) in [5.41, 5.74) is 0.968. The summed E-state index contributed by atoms with van der Waals surface area (Å²) in [5, 5.41) is 22.8. The highest BCUT2D eigenvalue weighted by atomic mass is 79.9. The van der Waals surface area contributed by atoms with E-state index < -0.39 is 10.9 Å². The Morgan fingerprint density at radius 1 is 1.29 bits per heavy atom. The minimum Gasteiger partial charge on any atom is -0.478 e. The number of carbonyl (C=O) groups is 1. The molecular weight excluding hydrogens is 340 g/mol. The van der Waals surface area contributed by atoms with Gasteiger partial charge in [0.05, 0.1) is 16.2 Å². The van der Waals surface area contributed by atoms with Crippen LogP contribution in [-0.4, -0.2) is 16.0 Å². The standard InChI is InChI=1S/C14H11BrN2O4/c15-12-4-2-1-3-9(12)8-16-13-7-10(17(20)21)5-6-11(13)14(18)19/h1-7,16H,8H2,(H,18,19). The van der Waals surface area contributed by atoms with Crippen LogP contribution in [0.3, 0.4) is 0 Å². The van der Waals surface area contributed by atoms with Gasteiger partial charge < -0.3 is 10.4 Å². The number of nitro benzene ring substituents is 1. The molecule has 2 N–H and O–H groups in total. The van der Waals surface area contributed by atoms with Crippen molar-refractivity contribution in [1.29, 1.82) is 0 Å². The number of hydrogen-bond donors (Lipinski definition) is 2. The monoisotopic (exact) mass is 350 g/mol. The lowest BCUT2D eigenvalue weighted by Crippen LogP contribution is -2.07. The molecule has 0 fully saturated rings. The number of non-ortho nitro benzene ring substituents is 1. The highest BCUT2D eigenvalue weighted by Crippen LogP contribution is 2.24. The number of nitrogens with zero attached hydrogens (tertiary/aromatic N) is 1. The number of anilines is 1. The largest absolute Gasteiger partial charge is 0.478 e. The predicted octanol–water partition coefficient (Wildman–Crippen LogP) is 3.67. The molecule has 0 saturated carbocycles. The van der Waals surface area contributed by atoms with Crippen LogP contribution in [0.5, 0.6) is 0 Å². The van der Waals surface area contributed by atoms with Gasteiger partial charge in [-0.05, 0) is 17.7 Å². The summed E-state index contributed by atoms with van der Waals surface area (Å²) < 4.78 is 0.875. The van der Waals surface area contributed by atoms with E-state index >= 15 is 0 Å². The van der Waals surface area contributed by atoms with Crippen LogP contribution in [-0.2, 0) is 6.54 Å². The van der Waals surface area contributed by atoms with Gasteiger partial charge in [-0.1, -0.05) is 34.1 Å². The van der Waals surface area contributed by atoms with Gasteiger partial charge in [-0.25, -0.2) is 4.79 Å². The Bertz CT molecular complexity index is 703. The van der Waals surface area contributed by atoms with E-state index in [0.29, 0.717) is 6.54 Å². The fourth-order valence-corrected chi connectivity index (χ4v) is 2.24. The molecule has 0 aromatic heterocycles. The average molecular weight is 351 g/mol. The molecule has 0 aliphatic heterocycles. The van der Waals surface area contributed by atoms with Gasteiger partial charge in [0, 0.05) is 23.2 Å². The van der Waals surface area contributed by atoms with Crippen molar-refractivity contribution in [2.24, 2.45) is 0 Å². The Balaban J connectivity index is 2.29. The van der Waals surface area contributed by atoms with Gasteiger partial charge in [0.2, 0.25) is 0 Å². The van der Waals surface area contributed by atoms with Crippen molar-refractivity contribution in [3.8, 4) is 0 Å². The number of aromatic carboxylic acids is 1.